The van der Waals surface area contributed by atoms with Gasteiger partial charge in [-0.1, -0.05) is 0 Å². The van der Waals surface area contributed by atoms with Crippen LogP contribution in [0.15, 0.2) is 41.6 Å². The van der Waals surface area contributed by atoms with Crippen molar-refractivity contribution < 1.29 is 4.74 Å². The monoisotopic (exact) mass is 380 g/mol. The number of aromatic amines is 1. The van der Waals surface area contributed by atoms with Crippen molar-refractivity contribution in [1.29, 1.82) is 0 Å². The maximum Gasteiger partial charge on any atom is 0.268 e. The topological polar surface area (TPSA) is 93.9 Å². The van der Waals surface area contributed by atoms with Gasteiger partial charge < -0.3 is 15.5 Å². The number of nitrogens with one attached hydrogen (secondary N) is 1. The molecule has 0 aliphatic rings. The molecule has 0 spiro atoms. The molecule has 0 saturated heterocycles. The Balaban J connectivity index is 2.14. The van der Waals surface area contributed by atoms with Crippen LogP contribution in [0.2, 0.25) is 0 Å². The summed E-state index contributed by atoms with van der Waals surface area (Å²) in [5.74, 6) is 0.808. The Bertz CT molecular complexity index is 847. The van der Waals surface area contributed by atoms with Gasteiger partial charge in [0.15, 0.2) is 0 Å². The number of hydrogen-bond donors (Lipinski definition) is 2. The lowest BCUT2D eigenvalue weighted by Gasteiger charge is -2.09. The number of aromatic nitrogens is 3. The highest BCUT2D eigenvalue weighted by molar-refractivity contribution is 14.1. The second kappa shape index (κ2) is 5.08. The lowest BCUT2D eigenvalue weighted by Crippen LogP contribution is -2.11. The molecule has 0 saturated carbocycles. The highest BCUT2D eigenvalue weighted by Gasteiger charge is 2.11. The third-order valence-electron chi connectivity index (χ3n) is 2.73. The van der Waals surface area contributed by atoms with E-state index in [1.54, 1.807) is 24.4 Å². The minimum absolute atomic E-state index is 0.242. The number of nitrogens with two attached hydrogens (primary N) is 1. The molecular weight excluding hydrogens is 371 g/mol. The molecule has 0 unspecified atom stereocenters. The first-order chi connectivity index (χ1) is 9.66. The molecule has 1 aromatic carbocycles. The predicted molar refractivity (Wildman–Crippen MR) is 83.8 cm³/mol. The molecule has 100 valence electrons. The van der Waals surface area contributed by atoms with Crippen LogP contribution in [0.5, 0.6) is 11.6 Å². The van der Waals surface area contributed by atoms with E-state index >= 15 is 0 Å². The molecule has 3 aromatic rings. The van der Waals surface area contributed by atoms with Crippen LogP contribution in [-0.2, 0) is 0 Å². The molecule has 0 aliphatic carbocycles. The van der Waals surface area contributed by atoms with Crippen molar-refractivity contribution in [1.82, 2.24) is 15.0 Å². The summed E-state index contributed by atoms with van der Waals surface area (Å²) in [5.41, 5.74) is 6.87. The molecule has 3 N–H and O–H groups in total. The molecule has 0 bridgehead atoms. The first-order valence-corrected chi connectivity index (χ1v) is 6.79. The molecule has 6 nitrogen and oxygen atoms in total. The number of benzene rings is 1. The van der Waals surface area contributed by atoms with Crippen molar-refractivity contribution in [2.45, 2.75) is 0 Å². The van der Waals surface area contributed by atoms with E-state index in [1.807, 2.05) is 28.7 Å². The molecule has 20 heavy (non-hydrogen) atoms. The van der Waals surface area contributed by atoms with Gasteiger partial charge in [0.2, 0.25) is 5.88 Å². The maximum atomic E-state index is 11.5. The highest BCUT2D eigenvalue weighted by Crippen LogP contribution is 2.31. The van der Waals surface area contributed by atoms with Crippen molar-refractivity contribution in [2.75, 3.05) is 5.73 Å². The van der Waals surface area contributed by atoms with Crippen LogP contribution in [0.3, 0.4) is 0 Å². The van der Waals surface area contributed by atoms with Crippen LogP contribution >= 0.6 is 22.6 Å². The number of halogens is 1. The van der Waals surface area contributed by atoms with Gasteiger partial charge in [-0.25, -0.2) is 4.98 Å². The summed E-state index contributed by atoms with van der Waals surface area (Å²) >= 11 is 1.89. The summed E-state index contributed by atoms with van der Waals surface area (Å²) < 4.78 is 6.11. The van der Waals surface area contributed by atoms with Gasteiger partial charge in [-0.15, -0.1) is 0 Å². The Labute approximate surface area is 127 Å². The molecule has 0 radical (unpaired) electrons. The fourth-order valence-corrected chi connectivity index (χ4v) is 2.20. The Hall–Kier alpha value is -2.16. The van der Waals surface area contributed by atoms with Crippen LogP contribution in [0, 0.1) is 3.57 Å². The minimum Gasteiger partial charge on any atom is -0.437 e. The van der Waals surface area contributed by atoms with Gasteiger partial charge in [0, 0.05) is 11.6 Å². The highest BCUT2D eigenvalue weighted by atomic mass is 127. The molecule has 0 atom stereocenters. The molecule has 3 rings (SSSR count). The lowest BCUT2D eigenvalue weighted by atomic mass is 10.2. The molecule has 0 fully saturated rings. The number of anilines is 1. The zero-order chi connectivity index (χ0) is 14.1. The molecule has 2 aromatic heterocycles. The van der Waals surface area contributed by atoms with E-state index in [4.69, 9.17) is 10.5 Å². The zero-order valence-electron chi connectivity index (χ0n) is 10.1. The van der Waals surface area contributed by atoms with Gasteiger partial charge >= 0.3 is 0 Å². The smallest absolute Gasteiger partial charge is 0.268 e. The molecular formula is C13H9IN4O2. The van der Waals surface area contributed by atoms with E-state index < -0.39 is 0 Å². The summed E-state index contributed by atoms with van der Waals surface area (Å²) in [6, 6.07) is 7.10. The summed E-state index contributed by atoms with van der Waals surface area (Å²) in [7, 11) is 0. The number of fused-ring (bicyclic) bond motifs is 1. The van der Waals surface area contributed by atoms with Crippen LogP contribution in [0.25, 0.3) is 10.9 Å². The molecule has 7 heteroatoms. The second-order valence-electron chi connectivity index (χ2n) is 4.01. The van der Waals surface area contributed by atoms with Crippen molar-refractivity contribution in [2.24, 2.45) is 0 Å². The SMILES string of the molecule is Nc1ccc(Oc2nc[nH]c(=O)c2I)c2cccnc12. The number of nitrogens with zero attached hydrogens (tertiary/aromatic N) is 2. The van der Waals surface area contributed by atoms with Crippen molar-refractivity contribution in [3.63, 3.8) is 0 Å². The average molecular weight is 380 g/mol. The Morgan fingerprint density at radius 1 is 1.25 bits per heavy atom. The van der Waals surface area contributed by atoms with Gasteiger partial charge in [0.25, 0.3) is 5.56 Å². The summed E-state index contributed by atoms with van der Waals surface area (Å²) in [4.78, 5) is 22.3. The summed E-state index contributed by atoms with van der Waals surface area (Å²) in [6.45, 7) is 0. The van der Waals surface area contributed by atoms with E-state index in [2.05, 4.69) is 15.0 Å². The molecule has 0 aliphatic heterocycles. The predicted octanol–water partition coefficient (Wildman–Crippen LogP) is 2.30. The van der Waals surface area contributed by atoms with E-state index in [0.29, 0.717) is 20.5 Å². The number of H-pyrrole nitrogens is 1. The van der Waals surface area contributed by atoms with E-state index in [1.165, 1.54) is 6.33 Å². The maximum absolute atomic E-state index is 11.5. The standard InChI is InChI=1S/C13H9IN4O2/c14-10-12(19)17-6-18-13(10)20-9-4-3-8(15)11-7(9)2-1-5-16-11/h1-6H,15H2,(H,17,18,19). The van der Waals surface area contributed by atoms with Crippen LogP contribution in [0.1, 0.15) is 0 Å². The van der Waals surface area contributed by atoms with E-state index in [9.17, 15) is 4.79 Å². The quantitative estimate of drug-likeness (QED) is 0.526. The third-order valence-corrected chi connectivity index (χ3v) is 3.68. The van der Waals surface area contributed by atoms with Crippen LogP contribution in [-0.4, -0.2) is 15.0 Å². The lowest BCUT2D eigenvalue weighted by molar-refractivity contribution is 0.461. The van der Waals surface area contributed by atoms with Gasteiger partial charge in [-0.3, -0.25) is 9.78 Å². The largest absolute Gasteiger partial charge is 0.437 e. The fourth-order valence-electron chi connectivity index (χ4n) is 1.80. The van der Waals surface area contributed by atoms with Gasteiger partial charge in [0.05, 0.1) is 17.5 Å². The fraction of sp³-hybridized carbons (Fsp3) is 0. The van der Waals surface area contributed by atoms with Gasteiger partial charge in [0.1, 0.15) is 9.32 Å². The van der Waals surface area contributed by atoms with Gasteiger partial charge in [-0.2, -0.15) is 0 Å². The molecule has 2 heterocycles. The minimum atomic E-state index is -0.242. The summed E-state index contributed by atoms with van der Waals surface area (Å²) in [5, 5.41) is 0.769. The number of rotatable bonds is 2. The summed E-state index contributed by atoms with van der Waals surface area (Å²) in [6.07, 6.45) is 2.97. The first kappa shape index (κ1) is 12.9. The third kappa shape index (κ3) is 2.20. The van der Waals surface area contributed by atoms with Gasteiger partial charge in [-0.05, 0) is 46.9 Å². The Morgan fingerprint density at radius 3 is 2.95 bits per heavy atom. The van der Waals surface area contributed by atoms with Crippen molar-refractivity contribution in [3.05, 3.63) is 50.7 Å². The number of pyridine rings is 1. The van der Waals surface area contributed by atoms with Crippen molar-refractivity contribution in [3.8, 4) is 11.6 Å². The normalized spacial score (nSPS) is 10.7. The average Bonchev–Trinajstić information content (AvgIpc) is 2.47. The molecule has 0 amide bonds. The Morgan fingerprint density at radius 2 is 2.10 bits per heavy atom. The number of ether oxygens (including phenoxy) is 1. The number of nitrogen functional groups attached to an aromatic ring is 1. The first-order valence-electron chi connectivity index (χ1n) is 5.71. The Kier molecular flexibility index (Phi) is 3.26. The second-order valence-corrected chi connectivity index (χ2v) is 5.08. The zero-order valence-corrected chi connectivity index (χ0v) is 12.3. The van der Waals surface area contributed by atoms with Crippen LogP contribution < -0.4 is 16.0 Å². The number of hydrogen-bond acceptors (Lipinski definition) is 5. The van der Waals surface area contributed by atoms with Crippen LogP contribution in [0.4, 0.5) is 5.69 Å². The van der Waals surface area contributed by atoms with E-state index in [0.717, 1.165) is 5.39 Å². The van der Waals surface area contributed by atoms with Crippen molar-refractivity contribution >= 4 is 39.2 Å². The van der Waals surface area contributed by atoms with E-state index in [-0.39, 0.29) is 11.4 Å².